The second-order valence-corrected chi connectivity index (χ2v) is 6.40. The second-order valence-electron chi connectivity index (χ2n) is 4.97. The van der Waals surface area contributed by atoms with E-state index in [9.17, 15) is 9.59 Å². The molecule has 0 saturated carbocycles. The largest absolute Gasteiger partial charge is 0.463 e. The second kappa shape index (κ2) is 9.91. The van der Waals surface area contributed by atoms with Gasteiger partial charge in [-0.25, -0.2) is 4.79 Å². The summed E-state index contributed by atoms with van der Waals surface area (Å²) < 4.78 is 4.82. The minimum atomic E-state index is -0.378. The third-order valence-electron chi connectivity index (χ3n) is 3.09. The Balaban J connectivity index is 1.85. The standard InChI is InChI=1S/C19H18ClNO3S/c1-2-24-19(23)12-9-14-7-10-15(11-8-14)21-18(22)13-25-17-6-4-3-5-16(17)20/h3-12H,2,13H2,1H3,(H,21,22)/b12-9+. The topological polar surface area (TPSA) is 55.4 Å². The molecule has 0 aliphatic heterocycles. The third kappa shape index (κ3) is 6.64. The molecular weight excluding hydrogens is 358 g/mol. The van der Waals surface area contributed by atoms with E-state index in [1.807, 2.05) is 30.3 Å². The highest BCUT2D eigenvalue weighted by Gasteiger charge is 2.06. The molecule has 0 fully saturated rings. The lowest BCUT2D eigenvalue weighted by atomic mass is 10.2. The number of halogens is 1. The smallest absolute Gasteiger partial charge is 0.330 e. The van der Waals surface area contributed by atoms with Gasteiger partial charge in [-0.1, -0.05) is 35.9 Å². The number of hydrogen-bond acceptors (Lipinski definition) is 4. The van der Waals surface area contributed by atoms with Crippen LogP contribution in [0.4, 0.5) is 5.69 Å². The van der Waals surface area contributed by atoms with Crippen molar-refractivity contribution in [3.63, 3.8) is 0 Å². The molecule has 0 bridgehead atoms. The van der Waals surface area contributed by atoms with Gasteiger partial charge in [0.15, 0.2) is 0 Å². The molecule has 0 aromatic heterocycles. The fraction of sp³-hybridized carbons (Fsp3) is 0.158. The zero-order valence-corrected chi connectivity index (χ0v) is 15.3. The van der Waals surface area contributed by atoms with Gasteiger partial charge in [-0.3, -0.25) is 4.79 Å². The van der Waals surface area contributed by atoms with Gasteiger partial charge in [-0.15, -0.1) is 11.8 Å². The number of rotatable bonds is 7. The lowest BCUT2D eigenvalue weighted by molar-refractivity contribution is -0.137. The van der Waals surface area contributed by atoms with Gasteiger partial charge in [0.1, 0.15) is 0 Å². The van der Waals surface area contributed by atoms with Crippen molar-refractivity contribution >= 4 is 47.0 Å². The summed E-state index contributed by atoms with van der Waals surface area (Å²) in [4.78, 5) is 24.2. The van der Waals surface area contributed by atoms with Crippen LogP contribution in [0, 0.1) is 0 Å². The first-order valence-corrected chi connectivity index (χ1v) is 9.07. The number of thioether (sulfide) groups is 1. The lowest BCUT2D eigenvalue weighted by Gasteiger charge is -2.06. The Labute approximate surface area is 156 Å². The van der Waals surface area contributed by atoms with Gasteiger partial charge in [0, 0.05) is 16.7 Å². The van der Waals surface area contributed by atoms with Crippen molar-refractivity contribution in [3.8, 4) is 0 Å². The molecule has 0 saturated heterocycles. The van der Waals surface area contributed by atoms with E-state index in [-0.39, 0.29) is 17.6 Å². The van der Waals surface area contributed by atoms with Gasteiger partial charge in [0.25, 0.3) is 0 Å². The maximum Gasteiger partial charge on any atom is 0.330 e. The summed E-state index contributed by atoms with van der Waals surface area (Å²) in [6.45, 7) is 2.10. The first kappa shape index (κ1) is 19.1. The Morgan fingerprint density at radius 3 is 2.56 bits per heavy atom. The predicted octanol–water partition coefficient (Wildman–Crippen LogP) is 4.65. The normalized spacial score (nSPS) is 10.6. The predicted molar refractivity (Wildman–Crippen MR) is 103 cm³/mol. The van der Waals surface area contributed by atoms with E-state index in [4.69, 9.17) is 16.3 Å². The maximum absolute atomic E-state index is 12.0. The molecule has 1 amide bonds. The molecule has 130 valence electrons. The fourth-order valence-corrected chi connectivity index (χ4v) is 2.97. The number of carbonyl (C=O) groups excluding carboxylic acids is 2. The summed E-state index contributed by atoms with van der Waals surface area (Å²) in [5, 5.41) is 3.46. The van der Waals surface area contributed by atoms with Crippen molar-refractivity contribution in [2.24, 2.45) is 0 Å². The first-order chi connectivity index (χ1) is 12.1. The number of hydrogen-bond donors (Lipinski definition) is 1. The Kier molecular flexibility index (Phi) is 7.57. The summed E-state index contributed by atoms with van der Waals surface area (Å²) in [6, 6.07) is 14.6. The van der Waals surface area contributed by atoms with E-state index in [1.165, 1.54) is 17.8 Å². The first-order valence-electron chi connectivity index (χ1n) is 7.70. The van der Waals surface area contributed by atoms with Crippen LogP contribution in [0.1, 0.15) is 12.5 Å². The minimum absolute atomic E-state index is 0.111. The molecule has 0 spiro atoms. The summed E-state index contributed by atoms with van der Waals surface area (Å²) in [5.74, 6) is -0.218. The number of benzene rings is 2. The maximum atomic E-state index is 12.0. The Bertz CT molecular complexity index is 760. The molecule has 0 radical (unpaired) electrons. The highest BCUT2D eigenvalue weighted by atomic mass is 35.5. The number of anilines is 1. The van der Waals surface area contributed by atoms with E-state index in [0.717, 1.165) is 10.5 Å². The molecule has 2 aromatic carbocycles. The zero-order valence-electron chi connectivity index (χ0n) is 13.7. The monoisotopic (exact) mass is 375 g/mol. The molecule has 0 heterocycles. The third-order valence-corrected chi connectivity index (χ3v) is 4.60. The van der Waals surface area contributed by atoms with Crippen LogP contribution in [-0.4, -0.2) is 24.2 Å². The molecule has 2 rings (SSSR count). The SMILES string of the molecule is CCOC(=O)/C=C/c1ccc(NC(=O)CSc2ccccc2Cl)cc1. The number of amides is 1. The highest BCUT2D eigenvalue weighted by molar-refractivity contribution is 8.00. The molecule has 0 atom stereocenters. The van der Waals surface area contributed by atoms with Crippen molar-refractivity contribution in [2.45, 2.75) is 11.8 Å². The van der Waals surface area contributed by atoms with Crippen LogP contribution in [-0.2, 0) is 14.3 Å². The number of esters is 1. The van der Waals surface area contributed by atoms with Crippen LogP contribution >= 0.6 is 23.4 Å². The number of carbonyl (C=O) groups is 2. The summed E-state index contributed by atoms with van der Waals surface area (Å²) >= 11 is 7.45. The van der Waals surface area contributed by atoms with E-state index in [2.05, 4.69) is 5.32 Å². The fourth-order valence-electron chi connectivity index (χ4n) is 1.93. The van der Waals surface area contributed by atoms with Crippen molar-refractivity contribution in [2.75, 3.05) is 17.7 Å². The van der Waals surface area contributed by atoms with Gasteiger partial charge in [-0.05, 0) is 42.8 Å². The lowest BCUT2D eigenvalue weighted by Crippen LogP contribution is -2.13. The Morgan fingerprint density at radius 1 is 1.16 bits per heavy atom. The summed E-state index contributed by atoms with van der Waals surface area (Å²) in [7, 11) is 0. The van der Waals surface area contributed by atoms with E-state index in [1.54, 1.807) is 31.2 Å². The molecule has 2 aromatic rings. The average Bonchev–Trinajstić information content (AvgIpc) is 2.61. The summed E-state index contributed by atoms with van der Waals surface area (Å²) in [5.41, 5.74) is 1.54. The van der Waals surface area contributed by atoms with Crippen molar-refractivity contribution in [3.05, 3.63) is 65.2 Å². The van der Waals surface area contributed by atoms with Crippen LogP contribution in [0.5, 0.6) is 0 Å². The van der Waals surface area contributed by atoms with Crippen molar-refractivity contribution in [1.82, 2.24) is 0 Å². The van der Waals surface area contributed by atoms with Crippen LogP contribution in [0.25, 0.3) is 6.08 Å². The molecule has 1 N–H and O–H groups in total. The number of nitrogens with one attached hydrogen (secondary N) is 1. The van der Waals surface area contributed by atoms with Gasteiger partial charge in [-0.2, -0.15) is 0 Å². The van der Waals surface area contributed by atoms with Crippen LogP contribution < -0.4 is 5.32 Å². The van der Waals surface area contributed by atoms with Gasteiger partial charge in [0.05, 0.1) is 17.4 Å². The van der Waals surface area contributed by atoms with Crippen LogP contribution in [0.2, 0.25) is 5.02 Å². The minimum Gasteiger partial charge on any atom is -0.463 e. The van der Waals surface area contributed by atoms with Crippen LogP contribution in [0.3, 0.4) is 0 Å². The van der Waals surface area contributed by atoms with Crippen molar-refractivity contribution in [1.29, 1.82) is 0 Å². The Morgan fingerprint density at radius 2 is 1.88 bits per heavy atom. The van der Waals surface area contributed by atoms with E-state index >= 15 is 0 Å². The molecule has 0 aliphatic carbocycles. The highest BCUT2D eigenvalue weighted by Crippen LogP contribution is 2.26. The van der Waals surface area contributed by atoms with Gasteiger partial charge in [0.2, 0.25) is 5.91 Å². The molecule has 0 unspecified atom stereocenters. The molecule has 0 aliphatic rings. The van der Waals surface area contributed by atoms with Gasteiger partial charge < -0.3 is 10.1 Å². The average molecular weight is 376 g/mol. The molecule has 6 heteroatoms. The number of ether oxygens (including phenoxy) is 1. The summed E-state index contributed by atoms with van der Waals surface area (Å²) in [6.07, 6.45) is 3.04. The van der Waals surface area contributed by atoms with Gasteiger partial charge >= 0.3 is 5.97 Å². The Hall–Kier alpha value is -2.24. The molecular formula is C19H18ClNO3S. The van der Waals surface area contributed by atoms with E-state index < -0.39 is 0 Å². The molecule has 25 heavy (non-hydrogen) atoms. The van der Waals surface area contributed by atoms with Crippen LogP contribution in [0.15, 0.2) is 59.5 Å². The van der Waals surface area contributed by atoms with Crippen molar-refractivity contribution < 1.29 is 14.3 Å². The van der Waals surface area contributed by atoms with E-state index in [0.29, 0.717) is 17.3 Å². The quantitative estimate of drug-likeness (QED) is 0.435. The molecule has 4 nitrogen and oxygen atoms in total. The zero-order chi connectivity index (χ0) is 18.1.